The summed E-state index contributed by atoms with van der Waals surface area (Å²) in [6.07, 6.45) is 5.79. The van der Waals surface area contributed by atoms with Gasteiger partial charge in [-0.1, -0.05) is 0 Å². The second-order valence-electron chi connectivity index (χ2n) is 4.68. The molecule has 1 amide bonds. The first kappa shape index (κ1) is 14.8. The van der Waals surface area contributed by atoms with E-state index in [1.54, 1.807) is 25.3 Å². The number of ether oxygens (including phenoxy) is 1. The van der Waals surface area contributed by atoms with Gasteiger partial charge in [0.05, 0.1) is 7.11 Å². The van der Waals surface area contributed by atoms with E-state index in [2.05, 4.69) is 21.2 Å². The highest BCUT2D eigenvalue weighted by molar-refractivity contribution is 9.10. The summed E-state index contributed by atoms with van der Waals surface area (Å²) < 4.78 is 5.71. The van der Waals surface area contributed by atoms with Gasteiger partial charge in [-0.25, -0.2) is 0 Å². The number of hydrogen-bond donors (Lipinski definition) is 1. The molecule has 5 heteroatoms. The second kappa shape index (κ2) is 6.70. The van der Waals surface area contributed by atoms with Crippen molar-refractivity contribution < 1.29 is 14.3 Å². The molecule has 1 N–H and O–H groups in total. The van der Waals surface area contributed by atoms with Gasteiger partial charge in [0.25, 0.3) is 0 Å². The Bertz CT molecular complexity index is 550. The van der Waals surface area contributed by atoms with Crippen LogP contribution in [-0.4, -0.2) is 24.8 Å². The summed E-state index contributed by atoms with van der Waals surface area (Å²) in [5.74, 6) is 0.233. The molecule has 4 nitrogen and oxygen atoms in total. The van der Waals surface area contributed by atoms with E-state index < -0.39 is 0 Å². The Morgan fingerprint density at radius 1 is 1.35 bits per heavy atom. The van der Waals surface area contributed by atoms with Gasteiger partial charge in [0.15, 0.2) is 5.78 Å². The molecule has 0 bridgehead atoms. The number of carbonyl (C=O) groups excluding carboxylic acids is 2. The maximum Gasteiger partial charge on any atom is 0.244 e. The molecule has 0 aromatic heterocycles. The molecule has 106 valence electrons. The van der Waals surface area contributed by atoms with Gasteiger partial charge in [-0.15, -0.1) is 0 Å². The van der Waals surface area contributed by atoms with Crippen LogP contribution in [0.1, 0.15) is 29.6 Å². The monoisotopic (exact) mass is 337 g/mol. The first-order valence-corrected chi connectivity index (χ1v) is 7.26. The Morgan fingerprint density at radius 2 is 2.10 bits per heavy atom. The van der Waals surface area contributed by atoms with Gasteiger partial charge < -0.3 is 10.1 Å². The summed E-state index contributed by atoms with van der Waals surface area (Å²) in [5, 5.41) is 2.85. The number of rotatable bonds is 5. The molecule has 1 aromatic carbocycles. The number of hydrogen-bond acceptors (Lipinski definition) is 3. The van der Waals surface area contributed by atoms with Crippen LogP contribution >= 0.6 is 15.9 Å². The van der Waals surface area contributed by atoms with E-state index in [-0.39, 0.29) is 17.7 Å². The van der Waals surface area contributed by atoms with Crippen molar-refractivity contribution in [2.45, 2.75) is 25.3 Å². The van der Waals surface area contributed by atoms with Crippen molar-refractivity contribution in [1.29, 1.82) is 0 Å². The Morgan fingerprint density at radius 3 is 2.65 bits per heavy atom. The molecule has 0 heterocycles. The third-order valence-corrected chi connectivity index (χ3v) is 3.94. The summed E-state index contributed by atoms with van der Waals surface area (Å²) in [4.78, 5) is 23.6. The zero-order valence-corrected chi connectivity index (χ0v) is 12.8. The summed E-state index contributed by atoms with van der Waals surface area (Å²) in [6, 6.07) is 5.37. The maximum absolute atomic E-state index is 12.0. The molecule has 20 heavy (non-hydrogen) atoms. The Hall–Kier alpha value is -1.62. The summed E-state index contributed by atoms with van der Waals surface area (Å²) in [6.45, 7) is 0. The molecule has 1 aromatic rings. The van der Waals surface area contributed by atoms with Crippen molar-refractivity contribution in [3.8, 4) is 5.75 Å². The van der Waals surface area contributed by atoms with Gasteiger partial charge >= 0.3 is 0 Å². The smallest absolute Gasteiger partial charge is 0.244 e. The van der Waals surface area contributed by atoms with Gasteiger partial charge in [0.1, 0.15) is 5.75 Å². The zero-order chi connectivity index (χ0) is 14.5. The van der Waals surface area contributed by atoms with E-state index in [1.165, 1.54) is 12.2 Å². The average molecular weight is 338 g/mol. The lowest BCUT2D eigenvalue weighted by Gasteiger charge is -2.25. The van der Waals surface area contributed by atoms with Crippen LogP contribution < -0.4 is 10.1 Å². The lowest BCUT2D eigenvalue weighted by atomic mass is 9.93. The van der Waals surface area contributed by atoms with E-state index in [9.17, 15) is 9.59 Å². The van der Waals surface area contributed by atoms with Crippen LogP contribution in [0.5, 0.6) is 5.75 Å². The molecular formula is C15H16BrNO3. The second-order valence-corrected chi connectivity index (χ2v) is 5.53. The van der Waals surface area contributed by atoms with Crippen molar-refractivity contribution in [2.75, 3.05) is 7.11 Å². The predicted octanol–water partition coefficient (Wildman–Crippen LogP) is 2.87. The van der Waals surface area contributed by atoms with Crippen LogP contribution in [0.15, 0.2) is 34.8 Å². The Balaban J connectivity index is 1.98. The molecule has 0 spiro atoms. The number of benzene rings is 1. The Labute approximate surface area is 126 Å². The minimum Gasteiger partial charge on any atom is -0.497 e. The predicted molar refractivity (Wildman–Crippen MR) is 79.9 cm³/mol. The number of methoxy groups -OCH3 is 1. The SMILES string of the molecule is COc1ccc(C(=O)/C=C/C(=O)NC2CCC2)c(Br)c1. The number of allylic oxidation sites excluding steroid dienone is 1. The zero-order valence-electron chi connectivity index (χ0n) is 11.2. The highest BCUT2D eigenvalue weighted by Crippen LogP contribution is 2.23. The molecule has 0 aliphatic heterocycles. The third kappa shape index (κ3) is 3.70. The van der Waals surface area contributed by atoms with Crippen LogP contribution in [0, 0.1) is 0 Å². The van der Waals surface area contributed by atoms with Crippen molar-refractivity contribution in [3.63, 3.8) is 0 Å². The number of halogens is 1. The van der Waals surface area contributed by atoms with E-state index in [0.717, 1.165) is 19.3 Å². The molecule has 2 rings (SSSR count). The van der Waals surface area contributed by atoms with Crippen molar-refractivity contribution >= 4 is 27.6 Å². The van der Waals surface area contributed by atoms with Crippen LogP contribution in [0.2, 0.25) is 0 Å². The summed E-state index contributed by atoms with van der Waals surface area (Å²) in [5.41, 5.74) is 0.499. The van der Waals surface area contributed by atoms with Gasteiger partial charge in [0.2, 0.25) is 5.91 Å². The van der Waals surface area contributed by atoms with Gasteiger partial charge in [0, 0.05) is 22.2 Å². The van der Waals surface area contributed by atoms with Crippen LogP contribution in [0.4, 0.5) is 0 Å². The average Bonchev–Trinajstić information content (AvgIpc) is 2.40. The van der Waals surface area contributed by atoms with Crippen molar-refractivity contribution in [2.24, 2.45) is 0 Å². The lowest BCUT2D eigenvalue weighted by molar-refractivity contribution is -0.117. The van der Waals surface area contributed by atoms with E-state index in [1.807, 2.05) is 0 Å². The summed E-state index contributed by atoms with van der Waals surface area (Å²) in [7, 11) is 1.56. The number of nitrogens with one attached hydrogen (secondary N) is 1. The number of carbonyl (C=O) groups is 2. The lowest BCUT2D eigenvalue weighted by Crippen LogP contribution is -2.38. The maximum atomic E-state index is 12.0. The highest BCUT2D eigenvalue weighted by Gasteiger charge is 2.18. The highest BCUT2D eigenvalue weighted by atomic mass is 79.9. The topological polar surface area (TPSA) is 55.4 Å². The fourth-order valence-corrected chi connectivity index (χ4v) is 2.42. The van der Waals surface area contributed by atoms with Crippen LogP contribution in [0.25, 0.3) is 0 Å². The minimum atomic E-state index is -0.219. The van der Waals surface area contributed by atoms with E-state index >= 15 is 0 Å². The van der Waals surface area contributed by atoms with Crippen LogP contribution in [0.3, 0.4) is 0 Å². The number of amides is 1. The fraction of sp³-hybridized carbons (Fsp3) is 0.333. The molecule has 0 saturated heterocycles. The third-order valence-electron chi connectivity index (χ3n) is 3.28. The largest absolute Gasteiger partial charge is 0.497 e. The first-order valence-electron chi connectivity index (χ1n) is 6.46. The molecule has 1 fully saturated rings. The van der Waals surface area contributed by atoms with E-state index in [4.69, 9.17) is 4.74 Å². The molecular weight excluding hydrogens is 322 g/mol. The standard InChI is InChI=1S/C15H16BrNO3/c1-20-11-5-6-12(13(16)9-11)14(18)7-8-15(19)17-10-3-2-4-10/h5-10H,2-4H2,1H3,(H,17,19)/b8-7+. The first-order chi connectivity index (χ1) is 9.60. The van der Waals surface area contributed by atoms with E-state index in [0.29, 0.717) is 15.8 Å². The fourth-order valence-electron chi connectivity index (χ4n) is 1.87. The number of ketones is 1. The molecule has 0 unspecified atom stereocenters. The Kier molecular flexibility index (Phi) is 4.95. The molecule has 1 aliphatic carbocycles. The molecule has 1 saturated carbocycles. The normalized spacial score (nSPS) is 14.9. The molecule has 0 atom stereocenters. The van der Waals surface area contributed by atoms with Crippen molar-refractivity contribution in [1.82, 2.24) is 5.32 Å². The van der Waals surface area contributed by atoms with Gasteiger partial charge in [-0.05, 0) is 59.5 Å². The van der Waals surface area contributed by atoms with Gasteiger partial charge in [-0.3, -0.25) is 9.59 Å². The molecule has 0 radical (unpaired) electrons. The minimum absolute atomic E-state index is 0.215. The molecule has 1 aliphatic rings. The van der Waals surface area contributed by atoms with Gasteiger partial charge in [-0.2, -0.15) is 0 Å². The van der Waals surface area contributed by atoms with Crippen molar-refractivity contribution in [3.05, 3.63) is 40.4 Å². The summed E-state index contributed by atoms with van der Waals surface area (Å²) >= 11 is 3.32. The van der Waals surface area contributed by atoms with Crippen LogP contribution in [-0.2, 0) is 4.79 Å². The quantitative estimate of drug-likeness (QED) is 0.663.